The molecule has 1 aromatic carbocycles. The van der Waals surface area contributed by atoms with Crippen LogP contribution in [0.15, 0.2) is 59.9 Å². The van der Waals surface area contributed by atoms with Crippen molar-refractivity contribution in [3.05, 3.63) is 77.5 Å². The van der Waals surface area contributed by atoms with Crippen molar-refractivity contribution in [3.63, 3.8) is 0 Å². The zero-order valence-corrected chi connectivity index (χ0v) is 19.6. The van der Waals surface area contributed by atoms with Crippen LogP contribution in [0.1, 0.15) is 46.1 Å². The van der Waals surface area contributed by atoms with Gasteiger partial charge in [-0.1, -0.05) is 6.07 Å². The van der Waals surface area contributed by atoms with Crippen LogP contribution in [-0.4, -0.2) is 40.5 Å². The van der Waals surface area contributed by atoms with Gasteiger partial charge in [0, 0.05) is 35.5 Å². The first-order valence-corrected chi connectivity index (χ1v) is 12.8. The molecule has 1 amide bonds. The van der Waals surface area contributed by atoms with E-state index in [1.54, 1.807) is 31.5 Å². The fraction of sp³-hybridized carbons (Fsp3) is 0.240. The number of aryl methyl sites for hydroxylation is 1. The van der Waals surface area contributed by atoms with Gasteiger partial charge in [-0.2, -0.15) is 0 Å². The molecule has 0 aliphatic heterocycles. The molecule has 1 aliphatic rings. The van der Waals surface area contributed by atoms with E-state index in [1.165, 1.54) is 6.07 Å². The summed E-state index contributed by atoms with van der Waals surface area (Å²) in [4.78, 5) is 31.0. The van der Waals surface area contributed by atoms with Crippen molar-refractivity contribution in [1.82, 2.24) is 25.3 Å². The van der Waals surface area contributed by atoms with E-state index in [1.807, 2.05) is 24.4 Å². The zero-order valence-electron chi connectivity index (χ0n) is 18.8. The second-order valence-electron chi connectivity index (χ2n) is 8.60. The Labute approximate surface area is 197 Å². The lowest BCUT2D eigenvalue weighted by Crippen LogP contribution is -2.23. The molecule has 1 N–H and O–H groups in total. The number of sulfone groups is 1. The van der Waals surface area contributed by atoms with E-state index in [4.69, 9.17) is 9.97 Å². The van der Waals surface area contributed by atoms with Gasteiger partial charge in [-0.25, -0.2) is 18.4 Å². The Morgan fingerprint density at radius 2 is 1.85 bits per heavy atom. The van der Waals surface area contributed by atoms with Crippen LogP contribution >= 0.6 is 0 Å². The molecule has 172 valence electrons. The van der Waals surface area contributed by atoms with Crippen molar-refractivity contribution in [2.24, 2.45) is 0 Å². The highest BCUT2D eigenvalue weighted by atomic mass is 32.2. The SMILES string of the molecule is Cc1ccc(C(=O)NCc2cc3nc(-c4cncc(C5CC5)n4)ccc3cn2)cc1S(C)(=O)=O. The molecular formula is C25H23N5O3S. The van der Waals surface area contributed by atoms with Crippen LogP contribution in [0.2, 0.25) is 0 Å². The standard InChI is InChI=1S/C25H23N5O3S/c1-15-3-4-17(9-24(15)34(2,32)33)25(31)28-12-19-10-21-18(11-27-19)7-8-20(29-21)23-14-26-13-22(30-23)16-5-6-16/h3-4,7-11,13-14,16H,5-6,12H2,1-2H3,(H,28,31). The minimum Gasteiger partial charge on any atom is -0.346 e. The molecule has 0 unspecified atom stereocenters. The quantitative estimate of drug-likeness (QED) is 0.455. The maximum Gasteiger partial charge on any atom is 0.251 e. The minimum absolute atomic E-state index is 0.148. The molecule has 1 saturated carbocycles. The first-order valence-electron chi connectivity index (χ1n) is 10.9. The predicted molar refractivity (Wildman–Crippen MR) is 128 cm³/mol. The number of rotatable bonds is 6. The molecule has 1 fully saturated rings. The van der Waals surface area contributed by atoms with E-state index in [0.29, 0.717) is 17.2 Å². The number of nitrogens with one attached hydrogen (secondary N) is 1. The maximum atomic E-state index is 12.6. The molecule has 5 rings (SSSR count). The molecule has 9 heteroatoms. The van der Waals surface area contributed by atoms with Crippen molar-refractivity contribution in [2.75, 3.05) is 6.26 Å². The van der Waals surface area contributed by atoms with E-state index in [9.17, 15) is 13.2 Å². The van der Waals surface area contributed by atoms with Crippen molar-refractivity contribution in [2.45, 2.75) is 37.1 Å². The van der Waals surface area contributed by atoms with E-state index in [2.05, 4.69) is 15.3 Å². The summed E-state index contributed by atoms with van der Waals surface area (Å²) >= 11 is 0. The molecule has 1 aliphatic carbocycles. The summed E-state index contributed by atoms with van der Waals surface area (Å²) in [5.74, 6) is 0.134. The van der Waals surface area contributed by atoms with Gasteiger partial charge in [0.2, 0.25) is 0 Å². The first kappa shape index (κ1) is 22.1. The van der Waals surface area contributed by atoms with E-state index >= 15 is 0 Å². The second kappa shape index (κ2) is 8.57. The number of aromatic nitrogens is 4. The van der Waals surface area contributed by atoms with Gasteiger partial charge >= 0.3 is 0 Å². The lowest BCUT2D eigenvalue weighted by atomic mass is 10.1. The summed E-state index contributed by atoms with van der Waals surface area (Å²) in [6.45, 7) is 1.88. The average molecular weight is 474 g/mol. The molecule has 34 heavy (non-hydrogen) atoms. The van der Waals surface area contributed by atoms with Crippen molar-refractivity contribution >= 4 is 26.6 Å². The van der Waals surface area contributed by atoms with Crippen LogP contribution < -0.4 is 5.32 Å². The van der Waals surface area contributed by atoms with Crippen molar-refractivity contribution in [3.8, 4) is 11.4 Å². The number of hydrogen-bond acceptors (Lipinski definition) is 7. The largest absolute Gasteiger partial charge is 0.346 e. The van der Waals surface area contributed by atoms with Crippen molar-refractivity contribution < 1.29 is 13.2 Å². The lowest BCUT2D eigenvalue weighted by molar-refractivity contribution is 0.0950. The summed E-state index contributed by atoms with van der Waals surface area (Å²) < 4.78 is 23.9. The van der Waals surface area contributed by atoms with Gasteiger partial charge < -0.3 is 5.32 Å². The summed E-state index contributed by atoms with van der Waals surface area (Å²) in [7, 11) is -3.42. The molecule has 4 aromatic rings. The Bertz CT molecular complexity index is 1530. The van der Waals surface area contributed by atoms with Gasteiger partial charge in [0.1, 0.15) is 5.69 Å². The molecule has 3 heterocycles. The fourth-order valence-corrected chi connectivity index (χ4v) is 4.79. The average Bonchev–Trinajstić information content (AvgIpc) is 3.67. The highest BCUT2D eigenvalue weighted by Crippen LogP contribution is 2.39. The summed E-state index contributed by atoms with van der Waals surface area (Å²) in [5, 5.41) is 3.68. The van der Waals surface area contributed by atoms with Crippen LogP contribution in [0.5, 0.6) is 0 Å². The third-order valence-electron chi connectivity index (χ3n) is 5.82. The Balaban J connectivity index is 1.35. The summed E-state index contributed by atoms with van der Waals surface area (Å²) in [6, 6.07) is 10.3. The Morgan fingerprint density at radius 3 is 2.62 bits per heavy atom. The number of carbonyl (C=O) groups is 1. The van der Waals surface area contributed by atoms with E-state index < -0.39 is 9.84 Å². The molecule has 0 bridgehead atoms. The number of hydrogen-bond donors (Lipinski definition) is 1. The van der Waals surface area contributed by atoms with E-state index in [-0.39, 0.29) is 22.9 Å². The molecule has 3 aromatic heterocycles. The highest BCUT2D eigenvalue weighted by Gasteiger charge is 2.25. The Morgan fingerprint density at radius 1 is 1.03 bits per heavy atom. The van der Waals surface area contributed by atoms with Gasteiger partial charge in [0.05, 0.1) is 40.2 Å². The smallest absolute Gasteiger partial charge is 0.251 e. The monoisotopic (exact) mass is 473 g/mol. The number of pyridine rings is 2. The minimum atomic E-state index is -3.42. The van der Waals surface area contributed by atoms with Gasteiger partial charge in [-0.15, -0.1) is 0 Å². The van der Waals surface area contributed by atoms with E-state index in [0.717, 1.165) is 47.1 Å². The summed E-state index contributed by atoms with van der Waals surface area (Å²) in [5.41, 5.74) is 4.73. The fourth-order valence-electron chi connectivity index (χ4n) is 3.79. The Kier molecular flexibility index (Phi) is 5.57. The zero-order chi connectivity index (χ0) is 23.9. The number of fused-ring (bicyclic) bond motifs is 1. The maximum absolute atomic E-state index is 12.6. The third kappa shape index (κ3) is 4.65. The third-order valence-corrected chi connectivity index (χ3v) is 7.06. The Hall–Kier alpha value is -3.72. The van der Waals surface area contributed by atoms with Crippen LogP contribution in [0.4, 0.5) is 0 Å². The van der Waals surface area contributed by atoms with Gasteiger partial charge in [-0.3, -0.25) is 14.8 Å². The van der Waals surface area contributed by atoms with Crippen LogP contribution in [0.3, 0.4) is 0 Å². The normalized spacial score (nSPS) is 13.7. The number of carbonyl (C=O) groups excluding carboxylic acids is 1. The highest BCUT2D eigenvalue weighted by molar-refractivity contribution is 7.90. The number of amides is 1. The van der Waals surface area contributed by atoms with Crippen molar-refractivity contribution in [1.29, 1.82) is 0 Å². The van der Waals surface area contributed by atoms with Crippen LogP contribution in [0.25, 0.3) is 22.3 Å². The topological polar surface area (TPSA) is 115 Å². The molecule has 0 saturated heterocycles. The molecule has 0 radical (unpaired) electrons. The number of nitrogens with zero attached hydrogens (tertiary/aromatic N) is 4. The van der Waals surface area contributed by atoms with Gasteiger partial charge in [0.15, 0.2) is 9.84 Å². The van der Waals surface area contributed by atoms with Gasteiger partial charge in [0.25, 0.3) is 5.91 Å². The molecule has 0 spiro atoms. The first-order chi connectivity index (χ1) is 16.3. The van der Waals surface area contributed by atoms with Crippen LogP contribution in [0, 0.1) is 6.92 Å². The molecule has 8 nitrogen and oxygen atoms in total. The predicted octanol–water partition coefficient (Wildman–Crippen LogP) is 3.61. The van der Waals surface area contributed by atoms with Crippen LogP contribution in [-0.2, 0) is 16.4 Å². The molecule has 0 atom stereocenters. The summed E-state index contributed by atoms with van der Waals surface area (Å²) in [6.07, 6.45) is 8.69. The molecular weight excluding hydrogens is 450 g/mol. The number of benzene rings is 1. The second-order valence-corrected chi connectivity index (χ2v) is 10.6. The lowest BCUT2D eigenvalue weighted by Gasteiger charge is -2.09. The van der Waals surface area contributed by atoms with Gasteiger partial charge in [-0.05, 0) is 55.7 Å².